The van der Waals surface area contributed by atoms with E-state index in [0.717, 1.165) is 19.1 Å². The van der Waals surface area contributed by atoms with Gasteiger partial charge in [0.25, 0.3) is 0 Å². The van der Waals surface area contributed by atoms with E-state index in [1.165, 1.54) is 19.3 Å². The van der Waals surface area contributed by atoms with Gasteiger partial charge in [-0.25, -0.2) is 0 Å². The lowest BCUT2D eigenvalue weighted by Gasteiger charge is -2.19. The normalized spacial score (nSPS) is 21.5. The average molecular weight is 185 g/mol. The van der Waals surface area contributed by atoms with Gasteiger partial charge in [0.05, 0.1) is 6.61 Å². The van der Waals surface area contributed by atoms with Crippen LogP contribution in [0.4, 0.5) is 0 Å². The van der Waals surface area contributed by atoms with Crippen molar-refractivity contribution in [2.45, 2.75) is 52.1 Å². The summed E-state index contributed by atoms with van der Waals surface area (Å²) in [4.78, 5) is 0. The van der Waals surface area contributed by atoms with Gasteiger partial charge in [-0.05, 0) is 33.1 Å². The monoisotopic (exact) mass is 185 g/mol. The van der Waals surface area contributed by atoms with E-state index in [2.05, 4.69) is 19.2 Å². The summed E-state index contributed by atoms with van der Waals surface area (Å²) >= 11 is 0. The Kier molecular flexibility index (Phi) is 4.74. The third kappa shape index (κ3) is 5.27. The molecule has 2 heteroatoms. The van der Waals surface area contributed by atoms with Crippen LogP contribution in [-0.2, 0) is 4.74 Å². The van der Waals surface area contributed by atoms with Crippen molar-refractivity contribution in [2.24, 2.45) is 5.92 Å². The lowest BCUT2D eigenvalue weighted by atomic mass is 10.1. The highest BCUT2D eigenvalue weighted by molar-refractivity contribution is 4.79. The number of ether oxygens (including phenoxy) is 1. The smallest absolute Gasteiger partial charge is 0.0616 e. The zero-order valence-corrected chi connectivity index (χ0v) is 9.18. The first-order chi connectivity index (χ1) is 6.22. The van der Waals surface area contributed by atoms with Crippen LogP contribution < -0.4 is 5.32 Å². The van der Waals surface area contributed by atoms with Gasteiger partial charge in [-0.3, -0.25) is 0 Å². The zero-order valence-electron chi connectivity index (χ0n) is 9.18. The second kappa shape index (κ2) is 5.61. The van der Waals surface area contributed by atoms with Crippen molar-refractivity contribution in [1.82, 2.24) is 5.32 Å². The highest BCUT2D eigenvalue weighted by Gasteiger charge is 2.23. The molecule has 2 unspecified atom stereocenters. The molecule has 0 radical (unpaired) electrons. The van der Waals surface area contributed by atoms with E-state index in [1.54, 1.807) is 0 Å². The van der Waals surface area contributed by atoms with Crippen LogP contribution in [0.2, 0.25) is 0 Å². The van der Waals surface area contributed by atoms with Crippen LogP contribution in [0.5, 0.6) is 0 Å². The van der Waals surface area contributed by atoms with Gasteiger partial charge in [-0.2, -0.15) is 0 Å². The minimum atomic E-state index is 0.494. The predicted octanol–water partition coefficient (Wildman–Crippen LogP) is 2.19. The molecule has 1 aliphatic rings. The first-order valence-electron chi connectivity index (χ1n) is 5.56. The first kappa shape index (κ1) is 11.0. The largest absolute Gasteiger partial charge is 0.380 e. The molecule has 0 aromatic rings. The van der Waals surface area contributed by atoms with Crippen molar-refractivity contribution in [3.63, 3.8) is 0 Å². The molecule has 1 aliphatic carbocycles. The summed E-state index contributed by atoms with van der Waals surface area (Å²) in [6.07, 6.45) is 4.24. The fraction of sp³-hybridized carbons (Fsp3) is 1.00. The van der Waals surface area contributed by atoms with E-state index in [9.17, 15) is 0 Å². The topological polar surface area (TPSA) is 21.3 Å². The third-order valence-corrected chi connectivity index (χ3v) is 2.52. The zero-order chi connectivity index (χ0) is 9.68. The summed E-state index contributed by atoms with van der Waals surface area (Å²) in [5.41, 5.74) is 0. The van der Waals surface area contributed by atoms with Gasteiger partial charge in [0, 0.05) is 18.7 Å². The van der Waals surface area contributed by atoms with E-state index in [4.69, 9.17) is 4.74 Å². The summed E-state index contributed by atoms with van der Waals surface area (Å²) in [6, 6.07) is 1.15. The molecule has 2 nitrogen and oxygen atoms in total. The van der Waals surface area contributed by atoms with E-state index in [0.29, 0.717) is 12.1 Å². The van der Waals surface area contributed by atoms with Gasteiger partial charge >= 0.3 is 0 Å². The molecular formula is C11H23NO. The molecule has 0 amide bonds. The second-order valence-electron chi connectivity index (χ2n) is 4.31. The Morgan fingerprint density at radius 3 is 2.54 bits per heavy atom. The highest BCUT2D eigenvalue weighted by atomic mass is 16.5. The Balaban J connectivity index is 1.99. The fourth-order valence-corrected chi connectivity index (χ4v) is 1.75. The molecule has 0 saturated heterocycles. The Bertz CT molecular complexity index is 134. The molecule has 1 N–H and O–H groups in total. The lowest BCUT2D eigenvalue weighted by molar-refractivity contribution is 0.123. The van der Waals surface area contributed by atoms with Gasteiger partial charge in [0.2, 0.25) is 0 Å². The van der Waals surface area contributed by atoms with Crippen molar-refractivity contribution >= 4 is 0 Å². The molecule has 13 heavy (non-hydrogen) atoms. The minimum Gasteiger partial charge on any atom is -0.380 e. The van der Waals surface area contributed by atoms with Crippen LogP contribution in [0.1, 0.15) is 40.0 Å². The van der Waals surface area contributed by atoms with Crippen LogP contribution in [0.25, 0.3) is 0 Å². The summed E-state index contributed by atoms with van der Waals surface area (Å²) in [5.74, 6) is 1.02. The highest BCUT2D eigenvalue weighted by Crippen LogP contribution is 2.33. The number of hydrogen-bond donors (Lipinski definition) is 1. The number of rotatable bonds is 7. The molecule has 0 aliphatic heterocycles. The molecule has 0 heterocycles. The van der Waals surface area contributed by atoms with Gasteiger partial charge in [-0.15, -0.1) is 0 Å². The summed E-state index contributed by atoms with van der Waals surface area (Å²) in [5, 5.41) is 3.56. The Morgan fingerprint density at radius 1 is 1.31 bits per heavy atom. The molecule has 0 aromatic heterocycles. The van der Waals surface area contributed by atoms with Crippen molar-refractivity contribution in [3.8, 4) is 0 Å². The van der Waals surface area contributed by atoms with Gasteiger partial charge in [0.1, 0.15) is 0 Å². The summed E-state index contributed by atoms with van der Waals surface area (Å²) in [6.45, 7) is 8.18. The molecule has 0 aromatic carbocycles. The van der Waals surface area contributed by atoms with Crippen molar-refractivity contribution in [2.75, 3.05) is 13.2 Å². The fourth-order valence-electron chi connectivity index (χ4n) is 1.75. The molecule has 78 valence electrons. The van der Waals surface area contributed by atoms with Crippen molar-refractivity contribution in [1.29, 1.82) is 0 Å². The minimum absolute atomic E-state index is 0.494. The molecule has 1 rings (SSSR count). The maximum atomic E-state index is 5.35. The lowest BCUT2D eigenvalue weighted by Crippen LogP contribution is -2.37. The Morgan fingerprint density at radius 2 is 2.00 bits per heavy atom. The number of hydrogen-bond acceptors (Lipinski definition) is 2. The second-order valence-corrected chi connectivity index (χ2v) is 4.31. The molecular weight excluding hydrogens is 162 g/mol. The summed E-state index contributed by atoms with van der Waals surface area (Å²) < 4.78 is 5.35. The standard InChI is InChI=1S/C11H23NO/c1-4-13-8-10(3)12-9(2)7-11-5-6-11/h9-12H,4-8H2,1-3H3. The van der Waals surface area contributed by atoms with Crippen molar-refractivity contribution < 1.29 is 4.74 Å². The first-order valence-corrected chi connectivity index (χ1v) is 5.56. The third-order valence-electron chi connectivity index (χ3n) is 2.52. The predicted molar refractivity (Wildman–Crippen MR) is 55.9 cm³/mol. The quantitative estimate of drug-likeness (QED) is 0.656. The SMILES string of the molecule is CCOCC(C)NC(C)CC1CC1. The Labute approximate surface area is 82.0 Å². The van der Waals surface area contributed by atoms with Crippen LogP contribution in [-0.4, -0.2) is 25.3 Å². The molecule has 0 spiro atoms. The van der Waals surface area contributed by atoms with Crippen molar-refractivity contribution in [3.05, 3.63) is 0 Å². The van der Waals surface area contributed by atoms with E-state index in [-0.39, 0.29) is 0 Å². The molecule has 2 atom stereocenters. The molecule has 1 fully saturated rings. The van der Waals surface area contributed by atoms with Crippen LogP contribution >= 0.6 is 0 Å². The van der Waals surface area contributed by atoms with Gasteiger partial charge < -0.3 is 10.1 Å². The number of nitrogens with one attached hydrogen (secondary N) is 1. The van der Waals surface area contributed by atoms with Crippen LogP contribution in [0.3, 0.4) is 0 Å². The maximum absolute atomic E-state index is 5.35. The summed E-state index contributed by atoms with van der Waals surface area (Å²) in [7, 11) is 0. The Hall–Kier alpha value is -0.0800. The van der Waals surface area contributed by atoms with Crippen LogP contribution in [0, 0.1) is 5.92 Å². The molecule has 0 bridgehead atoms. The van der Waals surface area contributed by atoms with Gasteiger partial charge in [0.15, 0.2) is 0 Å². The maximum Gasteiger partial charge on any atom is 0.0616 e. The average Bonchev–Trinajstić information content (AvgIpc) is 2.84. The molecule has 1 saturated carbocycles. The van der Waals surface area contributed by atoms with E-state index in [1.807, 2.05) is 6.92 Å². The van der Waals surface area contributed by atoms with E-state index < -0.39 is 0 Å². The van der Waals surface area contributed by atoms with E-state index >= 15 is 0 Å². The van der Waals surface area contributed by atoms with Gasteiger partial charge in [-0.1, -0.05) is 12.8 Å². The van der Waals surface area contributed by atoms with Crippen LogP contribution in [0.15, 0.2) is 0 Å².